The maximum Gasteiger partial charge on any atom is 0.321 e. The molecule has 1 aliphatic rings. The summed E-state index contributed by atoms with van der Waals surface area (Å²) in [5.41, 5.74) is 4.55. The molecule has 0 saturated heterocycles. The Morgan fingerprint density at radius 2 is 2.00 bits per heavy atom. The fraction of sp³-hybridized carbons (Fsp3) is 0.381. The van der Waals surface area contributed by atoms with Crippen molar-refractivity contribution in [3.8, 4) is 0 Å². The van der Waals surface area contributed by atoms with Gasteiger partial charge >= 0.3 is 6.03 Å². The number of carbonyl (C=O) groups excluding carboxylic acids is 1. The lowest BCUT2D eigenvalue weighted by atomic mass is 9.93. The van der Waals surface area contributed by atoms with Gasteiger partial charge in [-0.2, -0.15) is 0 Å². The molecule has 3 rings (SSSR count). The summed E-state index contributed by atoms with van der Waals surface area (Å²) in [4.78, 5) is 14.5. The first-order valence-corrected chi connectivity index (χ1v) is 8.92. The van der Waals surface area contributed by atoms with Gasteiger partial charge in [-0.15, -0.1) is 0 Å². The number of amides is 2. The van der Waals surface area contributed by atoms with Crippen LogP contribution in [0.2, 0.25) is 0 Å². The van der Waals surface area contributed by atoms with Crippen molar-refractivity contribution in [3.05, 3.63) is 65.2 Å². The number of aliphatic hydroxyl groups is 1. The van der Waals surface area contributed by atoms with Crippen LogP contribution in [-0.2, 0) is 6.42 Å². The molecular weight excluding hydrogens is 312 g/mol. The Morgan fingerprint density at radius 1 is 1.24 bits per heavy atom. The van der Waals surface area contributed by atoms with Crippen molar-refractivity contribution >= 4 is 11.7 Å². The van der Waals surface area contributed by atoms with E-state index in [9.17, 15) is 9.90 Å². The Kier molecular flexibility index (Phi) is 5.39. The van der Waals surface area contributed by atoms with E-state index >= 15 is 0 Å². The molecule has 0 radical (unpaired) electrons. The number of hydrogen-bond acceptors (Lipinski definition) is 2. The van der Waals surface area contributed by atoms with E-state index < -0.39 is 6.10 Å². The van der Waals surface area contributed by atoms with Crippen LogP contribution in [0.4, 0.5) is 10.5 Å². The van der Waals surface area contributed by atoms with Gasteiger partial charge in [-0.1, -0.05) is 42.5 Å². The van der Waals surface area contributed by atoms with Crippen LogP contribution in [0.1, 0.15) is 36.0 Å². The maximum atomic E-state index is 12.7. The van der Waals surface area contributed by atoms with Crippen LogP contribution in [-0.4, -0.2) is 30.3 Å². The third kappa shape index (κ3) is 4.20. The molecular formula is C21H26N2O2. The van der Waals surface area contributed by atoms with Crippen molar-refractivity contribution in [2.24, 2.45) is 0 Å². The number of carbonyl (C=O) groups is 1. The van der Waals surface area contributed by atoms with Crippen molar-refractivity contribution in [1.82, 2.24) is 5.32 Å². The number of urea groups is 1. The molecule has 2 aromatic rings. The van der Waals surface area contributed by atoms with Crippen molar-refractivity contribution in [3.63, 3.8) is 0 Å². The van der Waals surface area contributed by atoms with Crippen LogP contribution in [0.15, 0.2) is 48.5 Å². The highest BCUT2D eigenvalue weighted by Gasteiger charge is 2.25. The topological polar surface area (TPSA) is 52.6 Å². The van der Waals surface area contributed by atoms with Crippen molar-refractivity contribution in [2.75, 3.05) is 18.0 Å². The molecule has 1 aliphatic heterocycles. The van der Waals surface area contributed by atoms with Gasteiger partial charge in [0.05, 0.1) is 6.10 Å². The van der Waals surface area contributed by atoms with Gasteiger partial charge in [0.25, 0.3) is 0 Å². The summed E-state index contributed by atoms with van der Waals surface area (Å²) in [7, 11) is 0. The predicted octanol–water partition coefficient (Wildman–Crippen LogP) is 3.62. The van der Waals surface area contributed by atoms with Crippen LogP contribution >= 0.6 is 0 Å². The van der Waals surface area contributed by atoms with Gasteiger partial charge in [-0.3, -0.25) is 4.90 Å². The van der Waals surface area contributed by atoms with E-state index in [1.165, 1.54) is 5.56 Å². The summed E-state index contributed by atoms with van der Waals surface area (Å²) in [6.07, 6.45) is 1.12. The van der Waals surface area contributed by atoms with Gasteiger partial charge in [0.2, 0.25) is 0 Å². The summed E-state index contributed by atoms with van der Waals surface area (Å²) in [6, 6.07) is 16.3. The molecule has 0 fully saturated rings. The number of nitrogens with zero attached hydrogens (tertiary/aromatic N) is 1. The second kappa shape index (κ2) is 7.70. The summed E-state index contributed by atoms with van der Waals surface area (Å²) in [5.74, 6) is 0.102. The van der Waals surface area contributed by atoms with E-state index in [2.05, 4.69) is 23.5 Å². The summed E-state index contributed by atoms with van der Waals surface area (Å²) in [6.45, 7) is 5.07. The highest BCUT2D eigenvalue weighted by Crippen LogP contribution is 2.29. The second-order valence-electron chi connectivity index (χ2n) is 6.91. The van der Waals surface area contributed by atoms with Crippen LogP contribution in [0.25, 0.3) is 0 Å². The molecule has 2 N–H and O–H groups in total. The minimum absolute atomic E-state index is 0.0594. The number of nitrogens with one attached hydrogen (secondary N) is 1. The van der Waals surface area contributed by atoms with Crippen LogP contribution in [0, 0.1) is 6.92 Å². The minimum atomic E-state index is -0.405. The van der Waals surface area contributed by atoms with Crippen LogP contribution in [0.5, 0.6) is 0 Å². The first-order chi connectivity index (χ1) is 12.0. The van der Waals surface area contributed by atoms with Gasteiger partial charge in [0.1, 0.15) is 0 Å². The average Bonchev–Trinajstić information content (AvgIpc) is 3.02. The number of fused-ring (bicyclic) bond motifs is 1. The first kappa shape index (κ1) is 17.5. The standard InChI is InChI=1S/C21H26N2O2/c1-15-8-9-18-10-11-23(20(18)12-15)21(25)22-14-19(13-16(2)24)17-6-4-3-5-7-17/h3-9,12,16,19,24H,10-11,13-14H2,1-2H3,(H,22,25). The van der Waals surface area contributed by atoms with Crippen molar-refractivity contribution in [2.45, 2.75) is 38.7 Å². The molecule has 0 aliphatic carbocycles. The largest absolute Gasteiger partial charge is 0.393 e. The number of aliphatic hydroxyl groups excluding tert-OH is 1. The summed E-state index contributed by atoms with van der Waals surface area (Å²) in [5, 5.41) is 12.9. The highest BCUT2D eigenvalue weighted by atomic mass is 16.3. The minimum Gasteiger partial charge on any atom is -0.393 e. The molecule has 2 unspecified atom stereocenters. The van der Waals surface area contributed by atoms with Gasteiger partial charge < -0.3 is 10.4 Å². The van der Waals surface area contributed by atoms with E-state index in [1.54, 1.807) is 6.92 Å². The number of aryl methyl sites for hydroxylation is 1. The molecule has 1 heterocycles. The molecule has 0 aromatic heterocycles. The van der Waals surface area contributed by atoms with Gasteiger partial charge in [-0.05, 0) is 49.4 Å². The molecule has 2 atom stereocenters. The van der Waals surface area contributed by atoms with Gasteiger partial charge in [0, 0.05) is 24.7 Å². The molecule has 2 aromatic carbocycles. The third-order valence-corrected chi connectivity index (χ3v) is 4.78. The van der Waals surface area contributed by atoms with Crippen molar-refractivity contribution in [1.29, 1.82) is 0 Å². The second-order valence-corrected chi connectivity index (χ2v) is 6.91. The Morgan fingerprint density at radius 3 is 2.72 bits per heavy atom. The molecule has 0 spiro atoms. The number of rotatable bonds is 5. The molecule has 25 heavy (non-hydrogen) atoms. The highest BCUT2D eigenvalue weighted by molar-refractivity contribution is 5.94. The van der Waals surface area contributed by atoms with Crippen LogP contribution < -0.4 is 10.2 Å². The number of anilines is 1. The van der Waals surface area contributed by atoms with E-state index in [0.717, 1.165) is 29.8 Å². The fourth-order valence-corrected chi connectivity index (χ4v) is 3.48. The molecule has 2 amide bonds. The number of benzene rings is 2. The Bertz CT molecular complexity index is 728. The van der Waals surface area contributed by atoms with Crippen LogP contribution in [0.3, 0.4) is 0 Å². The average molecular weight is 338 g/mol. The quantitative estimate of drug-likeness (QED) is 0.875. The fourth-order valence-electron chi connectivity index (χ4n) is 3.48. The van der Waals surface area contributed by atoms with E-state index in [1.807, 2.05) is 42.2 Å². The SMILES string of the molecule is Cc1ccc2c(c1)N(C(=O)NCC(CC(C)O)c1ccccc1)CC2. The van der Waals surface area contributed by atoms with Gasteiger partial charge in [-0.25, -0.2) is 4.79 Å². The van der Waals surface area contributed by atoms with Gasteiger partial charge in [0.15, 0.2) is 0 Å². The molecule has 0 bridgehead atoms. The first-order valence-electron chi connectivity index (χ1n) is 8.92. The third-order valence-electron chi connectivity index (χ3n) is 4.78. The van der Waals surface area contributed by atoms with E-state index in [0.29, 0.717) is 13.0 Å². The Labute approximate surface area is 149 Å². The molecule has 132 valence electrons. The molecule has 4 nitrogen and oxygen atoms in total. The maximum absolute atomic E-state index is 12.7. The zero-order chi connectivity index (χ0) is 17.8. The smallest absolute Gasteiger partial charge is 0.321 e. The van der Waals surface area contributed by atoms with Crippen molar-refractivity contribution < 1.29 is 9.90 Å². The zero-order valence-electron chi connectivity index (χ0n) is 14.9. The lowest BCUT2D eigenvalue weighted by Gasteiger charge is -2.23. The Balaban J connectivity index is 1.68. The lowest BCUT2D eigenvalue weighted by molar-refractivity contribution is 0.173. The predicted molar refractivity (Wildman–Crippen MR) is 101 cm³/mol. The Hall–Kier alpha value is -2.33. The summed E-state index contributed by atoms with van der Waals surface area (Å²) < 4.78 is 0. The normalized spacial score (nSPS) is 15.6. The molecule has 0 saturated carbocycles. The monoisotopic (exact) mass is 338 g/mol. The zero-order valence-corrected chi connectivity index (χ0v) is 14.9. The summed E-state index contributed by atoms with van der Waals surface area (Å²) >= 11 is 0. The lowest BCUT2D eigenvalue weighted by Crippen LogP contribution is -2.41. The molecule has 4 heteroatoms. The van der Waals surface area contributed by atoms with E-state index in [-0.39, 0.29) is 11.9 Å². The van der Waals surface area contributed by atoms with E-state index in [4.69, 9.17) is 0 Å². The number of hydrogen-bond donors (Lipinski definition) is 2.